The third-order valence-corrected chi connectivity index (χ3v) is 2.80. The highest BCUT2D eigenvalue weighted by molar-refractivity contribution is 7.71. The summed E-state index contributed by atoms with van der Waals surface area (Å²) in [7, 11) is 1.57. The fourth-order valence-corrected chi connectivity index (χ4v) is 1.57. The smallest absolute Gasteiger partial charge is 0.308 e. The highest BCUT2D eigenvalue weighted by Gasteiger charge is 2.47. The van der Waals surface area contributed by atoms with E-state index in [0.29, 0.717) is 31.1 Å². The Morgan fingerprint density at radius 2 is 2.15 bits per heavy atom. The predicted octanol–water partition coefficient (Wildman–Crippen LogP) is 2.34. The van der Waals surface area contributed by atoms with Crippen LogP contribution in [0.5, 0.6) is 0 Å². The minimum atomic E-state index is -0.658. The van der Waals surface area contributed by atoms with Crippen LogP contribution in [0.3, 0.4) is 0 Å². The molecule has 7 heteroatoms. The molecule has 0 aliphatic carbocycles. The summed E-state index contributed by atoms with van der Waals surface area (Å²) in [5.74, 6) is -0.658. The van der Waals surface area contributed by atoms with Gasteiger partial charge in [0.1, 0.15) is 11.2 Å². The fourth-order valence-electron chi connectivity index (χ4n) is 1.36. The molecule has 1 aromatic heterocycles. The SMILES string of the molecule is CCOC1(OC)CO1.CCOCc1ccn(O)c(=S)c1. The van der Waals surface area contributed by atoms with Crippen molar-refractivity contribution >= 4 is 12.2 Å². The second kappa shape index (κ2) is 8.33. The minimum Gasteiger partial charge on any atom is -0.428 e. The van der Waals surface area contributed by atoms with Crippen molar-refractivity contribution in [3.8, 4) is 0 Å². The maximum atomic E-state index is 9.04. The van der Waals surface area contributed by atoms with Crippen LogP contribution in [0.25, 0.3) is 0 Å². The third-order valence-electron chi connectivity index (χ3n) is 2.49. The molecule has 2 heterocycles. The molecule has 1 unspecified atom stereocenters. The molecule has 1 fully saturated rings. The Labute approximate surface area is 123 Å². The van der Waals surface area contributed by atoms with Crippen LogP contribution in [-0.4, -0.2) is 42.8 Å². The van der Waals surface area contributed by atoms with Gasteiger partial charge in [0.15, 0.2) is 0 Å². The molecule has 1 aromatic rings. The summed E-state index contributed by atoms with van der Waals surface area (Å²) in [5.41, 5.74) is 0.979. The average molecular weight is 303 g/mol. The van der Waals surface area contributed by atoms with Gasteiger partial charge in [0, 0.05) is 26.5 Å². The van der Waals surface area contributed by atoms with Crippen molar-refractivity contribution in [3.05, 3.63) is 28.5 Å². The van der Waals surface area contributed by atoms with Gasteiger partial charge in [-0.05, 0) is 31.5 Å². The number of hydrogen-bond donors (Lipinski definition) is 1. The van der Waals surface area contributed by atoms with Crippen LogP contribution in [0.1, 0.15) is 19.4 Å². The fraction of sp³-hybridized carbons (Fsp3) is 0.615. The van der Waals surface area contributed by atoms with E-state index in [1.54, 1.807) is 19.2 Å². The molecule has 0 saturated carbocycles. The normalized spacial score (nSPS) is 20.1. The third kappa shape index (κ3) is 5.56. The van der Waals surface area contributed by atoms with Crippen molar-refractivity contribution < 1.29 is 24.2 Å². The van der Waals surface area contributed by atoms with E-state index in [0.717, 1.165) is 10.3 Å². The van der Waals surface area contributed by atoms with E-state index in [1.165, 1.54) is 6.20 Å². The molecule has 0 spiro atoms. The molecule has 0 aromatic carbocycles. The highest BCUT2D eigenvalue weighted by atomic mass is 32.1. The number of hydrogen-bond acceptors (Lipinski definition) is 6. The van der Waals surface area contributed by atoms with E-state index >= 15 is 0 Å². The Morgan fingerprint density at radius 1 is 1.45 bits per heavy atom. The number of rotatable bonds is 6. The molecular weight excluding hydrogens is 282 g/mol. The predicted molar refractivity (Wildman–Crippen MR) is 75.1 cm³/mol. The van der Waals surface area contributed by atoms with Crippen molar-refractivity contribution in [1.29, 1.82) is 0 Å². The molecule has 20 heavy (non-hydrogen) atoms. The van der Waals surface area contributed by atoms with Gasteiger partial charge in [-0.2, -0.15) is 4.73 Å². The molecule has 6 nitrogen and oxygen atoms in total. The Bertz CT molecular complexity index is 458. The van der Waals surface area contributed by atoms with E-state index in [9.17, 15) is 0 Å². The van der Waals surface area contributed by atoms with Crippen molar-refractivity contribution in [2.45, 2.75) is 26.4 Å². The van der Waals surface area contributed by atoms with Crippen LogP contribution in [-0.2, 0) is 25.6 Å². The summed E-state index contributed by atoms with van der Waals surface area (Å²) < 4.78 is 21.2. The summed E-state index contributed by atoms with van der Waals surface area (Å²) in [4.78, 5) is 0. The van der Waals surface area contributed by atoms with Crippen LogP contribution in [0, 0.1) is 4.64 Å². The van der Waals surface area contributed by atoms with Crippen molar-refractivity contribution in [3.63, 3.8) is 0 Å². The first-order valence-corrected chi connectivity index (χ1v) is 6.79. The topological polar surface area (TPSA) is 65.4 Å². The molecule has 1 N–H and O–H groups in total. The first kappa shape index (κ1) is 17.1. The zero-order valence-electron chi connectivity index (χ0n) is 12.0. The summed E-state index contributed by atoms with van der Waals surface area (Å²) in [5, 5.41) is 9.04. The molecule has 0 amide bonds. The van der Waals surface area contributed by atoms with Crippen LogP contribution >= 0.6 is 12.2 Å². The molecule has 0 radical (unpaired) electrons. The Morgan fingerprint density at radius 3 is 2.55 bits per heavy atom. The second-order valence-electron chi connectivity index (χ2n) is 3.96. The lowest BCUT2D eigenvalue weighted by molar-refractivity contribution is -0.208. The van der Waals surface area contributed by atoms with Crippen LogP contribution < -0.4 is 0 Å². The van der Waals surface area contributed by atoms with Crippen LogP contribution in [0.4, 0.5) is 0 Å². The standard InChI is InChI=1S/C8H11NO2S.C5H10O3/c1-2-11-6-7-3-4-9(10)8(12)5-7;1-3-7-5(6-2)4-8-5/h3-5,10H,2,6H2,1H3;3-4H2,1-2H3. The van der Waals surface area contributed by atoms with E-state index in [2.05, 4.69) is 0 Å². The molecule has 114 valence electrons. The van der Waals surface area contributed by atoms with Gasteiger partial charge in [0.2, 0.25) is 0 Å². The first-order valence-electron chi connectivity index (χ1n) is 6.38. The number of ether oxygens (including phenoxy) is 4. The maximum Gasteiger partial charge on any atom is 0.308 e. The Hall–Kier alpha value is -0.990. The monoisotopic (exact) mass is 303 g/mol. The summed E-state index contributed by atoms with van der Waals surface area (Å²) in [6.07, 6.45) is 1.51. The number of methoxy groups -OCH3 is 1. The van der Waals surface area contributed by atoms with Gasteiger partial charge in [-0.15, -0.1) is 0 Å². The second-order valence-corrected chi connectivity index (χ2v) is 4.38. The van der Waals surface area contributed by atoms with Crippen molar-refractivity contribution in [2.24, 2.45) is 0 Å². The molecule has 1 aliphatic rings. The minimum absolute atomic E-state index is 0.396. The van der Waals surface area contributed by atoms with Gasteiger partial charge in [-0.1, -0.05) is 12.2 Å². The summed E-state index contributed by atoms with van der Waals surface area (Å²) in [6.45, 7) is 6.26. The zero-order valence-corrected chi connectivity index (χ0v) is 12.8. The van der Waals surface area contributed by atoms with Crippen molar-refractivity contribution in [2.75, 3.05) is 26.9 Å². The zero-order chi connectivity index (χ0) is 15.0. The number of nitrogens with zero attached hydrogens (tertiary/aromatic N) is 1. The molecular formula is C13H21NO5S. The van der Waals surface area contributed by atoms with Crippen LogP contribution in [0.2, 0.25) is 0 Å². The van der Waals surface area contributed by atoms with E-state index in [4.69, 9.17) is 36.4 Å². The molecule has 1 saturated heterocycles. The maximum absolute atomic E-state index is 9.04. The molecule has 1 aliphatic heterocycles. The quantitative estimate of drug-likeness (QED) is 0.377. The van der Waals surface area contributed by atoms with Gasteiger partial charge in [-0.25, -0.2) is 0 Å². The lowest BCUT2D eigenvalue weighted by atomic mass is 10.3. The van der Waals surface area contributed by atoms with Gasteiger partial charge in [-0.3, -0.25) is 0 Å². The molecule has 1 atom stereocenters. The lowest BCUT2D eigenvalue weighted by Gasteiger charge is -2.06. The molecule has 0 bridgehead atoms. The first-order chi connectivity index (χ1) is 9.56. The Balaban J connectivity index is 0.000000217. The number of pyridine rings is 1. The number of aromatic nitrogens is 1. The van der Waals surface area contributed by atoms with Gasteiger partial charge in [0.05, 0.1) is 6.61 Å². The van der Waals surface area contributed by atoms with Gasteiger partial charge in [0.25, 0.3) is 0 Å². The van der Waals surface area contributed by atoms with Gasteiger partial charge < -0.3 is 24.2 Å². The average Bonchev–Trinajstić information content (AvgIpc) is 3.22. The number of epoxide rings is 1. The Kier molecular flexibility index (Phi) is 7.11. The van der Waals surface area contributed by atoms with E-state index in [-0.39, 0.29) is 0 Å². The summed E-state index contributed by atoms with van der Waals surface area (Å²) in [6, 6.07) is 3.48. The lowest BCUT2D eigenvalue weighted by Crippen LogP contribution is -2.17. The molecule has 2 rings (SSSR count). The van der Waals surface area contributed by atoms with Crippen molar-refractivity contribution in [1.82, 2.24) is 4.73 Å². The highest BCUT2D eigenvalue weighted by Crippen LogP contribution is 2.28. The summed E-state index contributed by atoms with van der Waals surface area (Å²) >= 11 is 4.85. The van der Waals surface area contributed by atoms with Crippen LogP contribution in [0.15, 0.2) is 18.3 Å². The largest absolute Gasteiger partial charge is 0.428 e. The van der Waals surface area contributed by atoms with E-state index in [1.807, 2.05) is 13.8 Å². The van der Waals surface area contributed by atoms with E-state index < -0.39 is 5.97 Å². The van der Waals surface area contributed by atoms with Gasteiger partial charge >= 0.3 is 5.97 Å².